The van der Waals surface area contributed by atoms with Crippen molar-refractivity contribution < 1.29 is 28.3 Å². The molecule has 10 nitrogen and oxygen atoms in total. The van der Waals surface area contributed by atoms with Crippen LogP contribution in [0.25, 0.3) is 10.9 Å². The van der Waals surface area contributed by atoms with Crippen molar-refractivity contribution in [1.29, 1.82) is 0 Å². The molecule has 0 bridgehead atoms. The van der Waals surface area contributed by atoms with Crippen LogP contribution in [0.5, 0.6) is 0 Å². The number of nitrogens with one attached hydrogen (secondary N) is 1. The predicted octanol–water partition coefficient (Wildman–Crippen LogP) is 4.19. The molecule has 2 aromatic carbocycles. The van der Waals surface area contributed by atoms with Gasteiger partial charge in [-0.25, -0.2) is 9.18 Å². The molecule has 3 aromatic rings. The zero-order chi connectivity index (χ0) is 29.7. The number of fused-ring (bicyclic) bond motifs is 1. The Bertz CT molecular complexity index is 1450. The largest absolute Gasteiger partial charge is 0.444 e. The van der Waals surface area contributed by atoms with Crippen molar-refractivity contribution in [3.8, 4) is 0 Å². The third-order valence-corrected chi connectivity index (χ3v) is 7.07. The second kappa shape index (κ2) is 12.7. The van der Waals surface area contributed by atoms with Gasteiger partial charge < -0.3 is 19.9 Å². The summed E-state index contributed by atoms with van der Waals surface area (Å²) in [5.41, 5.74) is 0.415. The van der Waals surface area contributed by atoms with Crippen LogP contribution >= 0.6 is 11.6 Å². The molecule has 0 radical (unpaired) electrons. The Morgan fingerprint density at radius 3 is 2.54 bits per heavy atom. The molecule has 1 aliphatic rings. The first-order valence-electron chi connectivity index (χ1n) is 13.3. The maximum Gasteiger partial charge on any atom is 0.410 e. The first kappa shape index (κ1) is 30.0. The summed E-state index contributed by atoms with van der Waals surface area (Å²) >= 11 is 5.85. The number of amides is 3. The van der Waals surface area contributed by atoms with Gasteiger partial charge >= 0.3 is 6.09 Å². The second-order valence-corrected chi connectivity index (χ2v) is 11.3. The molecule has 1 aliphatic heterocycles. The molecule has 0 atom stereocenters. The number of carbonyl (C=O) groups is 4. The van der Waals surface area contributed by atoms with Gasteiger partial charge in [-0.3, -0.25) is 19.1 Å². The number of ether oxygens (including phenoxy) is 1. The molecule has 12 heteroatoms. The van der Waals surface area contributed by atoms with E-state index in [9.17, 15) is 23.6 Å². The van der Waals surface area contributed by atoms with Gasteiger partial charge in [0.25, 0.3) is 0 Å². The highest BCUT2D eigenvalue weighted by molar-refractivity contribution is 6.30. The lowest BCUT2D eigenvalue weighted by atomic mass is 10.0. The summed E-state index contributed by atoms with van der Waals surface area (Å²) in [4.78, 5) is 53.8. The summed E-state index contributed by atoms with van der Waals surface area (Å²) in [6.45, 7) is 5.49. The maximum atomic E-state index is 14.3. The fourth-order valence-corrected chi connectivity index (χ4v) is 4.97. The van der Waals surface area contributed by atoms with Gasteiger partial charge in [-0.15, -0.1) is 0 Å². The quantitative estimate of drug-likeness (QED) is 0.397. The number of hydrogen-bond donors (Lipinski definition) is 1. The number of hydrogen-bond acceptors (Lipinski definition) is 6. The van der Waals surface area contributed by atoms with Crippen LogP contribution in [0, 0.1) is 5.82 Å². The smallest absolute Gasteiger partial charge is 0.410 e. The number of piperidine rings is 1. The van der Waals surface area contributed by atoms with Gasteiger partial charge in [0, 0.05) is 36.6 Å². The summed E-state index contributed by atoms with van der Waals surface area (Å²) in [5, 5.41) is 7.53. The highest BCUT2D eigenvalue weighted by atomic mass is 35.5. The minimum atomic E-state index is -0.636. The van der Waals surface area contributed by atoms with E-state index < -0.39 is 23.4 Å². The molecule has 3 amide bonds. The minimum Gasteiger partial charge on any atom is -0.444 e. The number of benzene rings is 2. The van der Waals surface area contributed by atoms with Crippen molar-refractivity contribution in [3.05, 3.63) is 64.6 Å². The van der Waals surface area contributed by atoms with Crippen LogP contribution in [-0.2, 0) is 27.4 Å². The van der Waals surface area contributed by atoms with Crippen molar-refractivity contribution in [2.45, 2.75) is 58.3 Å². The highest BCUT2D eigenvalue weighted by Gasteiger charge is 2.33. The number of rotatable bonds is 8. The normalized spacial score (nSPS) is 14.1. The molecule has 4 rings (SSSR count). The Morgan fingerprint density at radius 2 is 1.85 bits per heavy atom. The topological polar surface area (TPSA) is 114 Å². The van der Waals surface area contributed by atoms with Crippen LogP contribution < -0.4 is 5.32 Å². The Kier molecular flexibility index (Phi) is 9.27. The monoisotopic (exact) mass is 585 g/mol. The van der Waals surface area contributed by atoms with Crippen LogP contribution in [-0.4, -0.2) is 75.1 Å². The van der Waals surface area contributed by atoms with E-state index in [1.54, 1.807) is 56.0 Å². The highest BCUT2D eigenvalue weighted by Crippen LogP contribution is 2.22. The number of likely N-dealkylation sites (tertiary alicyclic amines) is 1. The molecule has 0 aliphatic carbocycles. The van der Waals surface area contributed by atoms with E-state index in [1.165, 1.54) is 21.7 Å². The van der Waals surface area contributed by atoms with Crippen molar-refractivity contribution in [3.63, 3.8) is 0 Å². The number of nitrogens with zero attached hydrogens (tertiary/aromatic N) is 4. The van der Waals surface area contributed by atoms with Crippen LogP contribution in [0.1, 0.15) is 49.7 Å². The predicted molar refractivity (Wildman–Crippen MR) is 151 cm³/mol. The molecular formula is C29H33ClFN5O5. The summed E-state index contributed by atoms with van der Waals surface area (Å²) in [7, 11) is 0. The molecule has 0 unspecified atom stereocenters. The van der Waals surface area contributed by atoms with Crippen molar-refractivity contribution in [2.24, 2.45) is 0 Å². The maximum absolute atomic E-state index is 14.3. The number of para-hydroxylation sites is 1. The molecule has 1 fully saturated rings. The lowest BCUT2D eigenvalue weighted by Gasteiger charge is -2.38. The molecule has 0 spiro atoms. The average molecular weight is 586 g/mol. The summed E-state index contributed by atoms with van der Waals surface area (Å²) < 4.78 is 21.2. The van der Waals surface area contributed by atoms with E-state index in [-0.39, 0.29) is 47.9 Å². The van der Waals surface area contributed by atoms with Crippen LogP contribution in [0.3, 0.4) is 0 Å². The van der Waals surface area contributed by atoms with Gasteiger partial charge in [0.1, 0.15) is 23.7 Å². The van der Waals surface area contributed by atoms with E-state index in [4.69, 9.17) is 16.3 Å². The van der Waals surface area contributed by atoms with E-state index in [2.05, 4.69) is 10.4 Å². The fraction of sp³-hybridized carbons (Fsp3) is 0.414. The molecule has 218 valence electrons. The second-order valence-electron chi connectivity index (χ2n) is 10.9. The molecular weight excluding hydrogens is 553 g/mol. The molecule has 41 heavy (non-hydrogen) atoms. The lowest BCUT2D eigenvalue weighted by molar-refractivity contribution is -0.140. The Labute approximate surface area is 242 Å². The third-order valence-electron chi connectivity index (χ3n) is 6.78. The molecule has 1 aromatic heterocycles. The molecule has 0 saturated carbocycles. The minimum absolute atomic E-state index is 0.0496. The van der Waals surface area contributed by atoms with E-state index in [1.807, 2.05) is 0 Å². The van der Waals surface area contributed by atoms with Crippen LogP contribution in [0.15, 0.2) is 42.5 Å². The average Bonchev–Trinajstić information content (AvgIpc) is 3.29. The SMILES string of the molecule is CC(C)(C)OC(=O)N1CCC(N(CC(=O)NCc2cccc(Cl)c2F)C(=O)Cn2nc(C=O)c3ccccc32)CC1. The Hall–Kier alpha value is -3.99. The number of halogens is 2. The first-order chi connectivity index (χ1) is 19.5. The standard InChI is InChI=1S/C29H33ClFN5O5/c1-29(2,3)41-28(40)34-13-11-20(12-14-34)35(16-25(38)32-15-19-7-6-9-22(30)27(19)31)26(39)17-36-24-10-5-4-8-21(24)23(18-37)33-36/h4-10,18,20H,11-17H2,1-3H3,(H,32,38). The van der Waals surface area contributed by atoms with Gasteiger partial charge in [-0.1, -0.05) is 41.9 Å². The summed E-state index contributed by atoms with van der Waals surface area (Å²) in [5.74, 6) is -1.48. The summed E-state index contributed by atoms with van der Waals surface area (Å²) in [6, 6.07) is 11.3. The van der Waals surface area contributed by atoms with Gasteiger partial charge in [-0.2, -0.15) is 5.10 Å². The molecule has 1 saturated heterocycles. The van der Waals surface area contributed by atoms with Crippen LogP contribution in [0.4, 0.5) is 9.18 Å². The van der Waals surface area contributed by atoms with Crippen molar-refractivity contribution >= 4 is 46.7 Å². The van der Waals surface area contributed by atoms with E-state index >= 15 is 0 Å². The van der Waals surface area contributed by atoms with E-state index in [0.717, 1.165) is 0 Å². The van der Waals surface area contributed by atoms with Crippen LogP contribution in [0.2, 0.25) is 5.02 Å². The Morgan fingerprint density at radius 1 is 1.15 bits per heavy atom. The van der Waals surface area contributed by atoms with Crippen molar-refractivity contribution in [2.75, 3.05) is 19.6 Å². The van der Waals surface area contributed by atoms with Gasteiger partial charge in [0.2, 0.25) is 11.8 Å². The van der Waals surface area contributed by atoms with Crippen molar-refractivity contribution in [1.82, 2.24) is 24.9 Å². The number of aldehydes is 1. The fourth-order valence-electron chi connectivity index (χ4n) is 4.78. The zero-order valence-corrected chi connectivity index (χ0v) is 24.0. The zero-order valence-electron chi connectivity index (χ0n) is 23.2. The molecule has 1 N–H and O–H groups in total. The number of carbonyl (C=O) groups excluding carboxylic acids is 4. The first-order valence-corrected chi connectivity index (χ1v) is 13.7. The van der Waals surface area contributed by atoms with Gasteiger partial charge in [-0.05, 0) is 45.7 Å². The third kappa shape index (κ3) is 7.40. The summed E-state index contributed by atoms with van der Waals surface area (Å²) in [6.07, 6.45) is 1.07. The van der Waals surface area contributed by atoms with Gasteiger partial charge in [0.15, 0.2) is 6.29 Å². The van der Waals surface area contributed by atoms with E-state index in [0.29, 0.717) is 43.1 Å². The lowest BCUT2D eigenvalue weighted by Crippen LogP contribution is -2.52. The van der Waals surface area contributed by atoms with Gasteiger partial charge in [0.05, 0.1) is 17.1 Å². The number of aromatic nitrogens is 2. The molecule has 2 heterocycles. The Balaban J connectivity index is 1.50.